The summed E-state index contributed by atoms with van der Waals surface area (Å²) in [6.07, 6.45) is 5.80. The number of nitrogens with one attached hydrogen (secondary N) is 1. The first kappa shape index (κ1) is 16.2. The van der Waals surface area contributed by atoms with Crippen LogP contribution in [0, 0.1) is 6.92 Å². The smallest absolute Gasteiger partial charge is 0.127 e. The van der Waals surface area contributed by atoms with Crippen molar-refractivity contribution in [3.8, 4) is 5.75 Å². The minimum absolute atomic E-state index is 0.462. The number of likely N-dealkylation sites (N-methyl/N-ethyl adjacent to an activating group) is 1. The van der Waals surface area contributed by atoms with Crippen molar-refractivity contribution in [3.05, 3.63) is 23.5 Å². The van der Waals surface area contributed by atoms with Crippen molar-refractivity contribution < 1.29 is 4.74 Å². The molecule has 0 aromatic carbocycles. The van der Waals surface area contributed by atoms with Crippen molar-refractivity contribution in [2.75, 3.05) is 20.2 Å². The minimum Gasteiger partial charge on any atom is -0.491 e. The number of likely N-dealkylation sites (tertiary alicyclic amines) is 1. The van der Waals surface area contributed by atoms with E-state index in [-0.39, 0.29) is 0 Å². The lowest BCUT2D eigenvalue weighted by Gasteiger charge is -2.32. The zero-order valence-electron chi connectivity index (χ0n) is 13.9. The summed E-state index contributed by atoms with van der Waals surface area (Å²) < 4.78 is 6.14. The first-order chi connectivity index (χ1) is 10.1. The molecule has 1 aromatic rings. The maximum Gasteiger partial charge on any atom is 0.127 e. The van der Waals surface area contributed by atoms with Gasteiger partial charge in [-0.15, -0.1) is 0 Å². The van der Waals surface area contributed by atoms with Crippen molar-refractivity contribution in [2.24, 2.45) is 0 Å². The molecule has 0 spiro atoms. The van der Waals surface area contributed by atoms with Gasteiger partial charge in [-0.3, -0.25) is 4.98 Å². The number of nitrogens with zero attached hydrogens (tertiary/aromatic N) is 2. The Kier molecular flexibility index (Phi) is 6.00. The van der Waals surface area contributed by atoms with Gasteiger partial charge in [-0.2, -0.15) is 0 Å². The Bertz CT molecular complexity index is 448. The first-order valence-corrected chi connectivity index (χ1v) is 8.08. The molecule has 118 valence electrons. The Morgan fingerprint density at radius 2 is 2.24 bits per heavy atom. The number of aryl methyl sites for hydroxylation is 1. The van der Waals surface area contributed by atoms with Crippen molar-refractivity contribution in [1.82, 2.24) is 15.2 Å². The van der Waals surface area contributed by atoms with Crippen LogP contribution in [0.1, 0.15) is 44.4 Å². The van der Waals surface area contributed by atoms with E-state index >= 15 is 0 Å². The predicted molar refractivity (Wildman–Crippen MR) is 86.7 cm³/mol. The highest BCUT2D eigenvalue weighted by Crippen LogP contribution is 2.21. The molecule has 0 aliphatic carbocycles. The van der Waals surface area contributed by atoms with Crippen LogP contribution >= 0.6 is 0 Å². The van der Waals surface area contributed by atoms with Crippen LogP contribution in [0.4, 0.5) is 0 Å². The van der Waals surface area contributed by atoms with Crippen molar-refractivity contribution >= 4 is 0 Å². The molecule has 21 heavy (non-hydrogen) atoms. The highest BCUT2D eigenvalue weighted by molar-refractivity contribution is 5.32. The van der Waals surface area contributed by atoms with Crippen LogP contribution in [0.3, 0.4) is 0 Å². The summed E-state index contributed by atoms with van der Waals surface area (Å²) in [5.41, 5.74) is 2.16. The highest BCUT2D eigenvalue weighted by Gasteiger charge is 2.20. The van der Waals surface area contributed by atoms with E-state index in [1.807, 2.05) is 13.1 Å². The van der Waals surface area contributed by atoms with Gasteiger partial charge in [0.1, 0.15) is 12.4 Å². The average molecular weight is 291 g/mol. The number of ether oxygens (including phenoxy) is 1. The largest absolute Gasteiger partial charge is 0.491 e. The molecule has 0 radical (unpaired) electrons. The maximum atomic E-state index is 6.14. The first-order valence-electron chi connectivity index (χ1n) is 8.08. The molecule has 1 aliphatic heterocycles. The Hall–Kier alpha value is -1.13. The number of piperidine rings is 1. The lowest BCUT2D eigenvalue weighted by molar-refractivity contribution is 0.124. The normalized spacial score (nSPS) is 20.0. The Balaban J connectivity index is 1.98. The molecule has 1 saturated heterocycles. The minimum atomic E-state index is 0.462. The molecule has 2 heterocycles. The van der Waals surface area contributed by atoms with Gasteiger partial charge in [-0.25, -0.2) is 0 Å². The van der Waals surface area contributed by atoms with Crippen LogP contribution in [0.2, 0.25) is 0 Å². The molecule has 1 aromatic heterocycles. The van der Waals surface area contributed by atoms with Gasteiger partial charge in [0.15, 0.2) is 0 Å². The van der Waals surface area contributed by atoms with Crippen LogP contribution in [0.15, 0.2) is 12.3 Å². The fourth-order valence-electron chi connectivity index (χ4n) is 2.68. The number of aromatic nitrogens is 1. The van der Waals surface area contributed by atoms with Gasteiger partial charge in [0.05, 0.1) is 0 Å². The zero-order chi connectivity index (χ0) is 15.2. The molecule has 0 amide bonds. The van der Waals surface area contributed by atoms with E-state index in [1.165, 1.54) is 25.8 Å². The number of rotatable bonds is 6. The third-order valence-corrected chi connectivity index (χ3v) is 4.13. The van der Waals surface area contributed by atoms with Gasteiger partial charge in [-0.1, -0.05) is 20.3 Å². The van der Waals surface area contributed by atoms with E-state index in [2.05, 4.69) is 42.2 Å². The zero-order valence-corrected chi connectivity index (χ0v) is 13.9. The van der Waals surface area contributed by atoms with Crippen LogP contribution in [-0.4, -0.2) is 42.2 Å². The van der Waals surface area contributed by atoms with Gasteiger partial charge in [0.2, 0.25) is 0 Å². The van der Waals surface area contributed by atoms with Gasteiger partial charge in [0.25, 0.3) is 0 Å². The molecule has 0 saturated carbocycles. The van der Waals surface area contributed by atoms with E-state index in [0.717, 1.165) is 30.2 Å². The number of hydrogen-bond acceptors (Lipinski definition) is 4. The van der Waals surface area contributed by atoms with E-state index < -0.39 is 0 Å². The molecule has 1 aliphatic rings. The molecule has 0 bridgehead atoms. The van der Waals surface area contributed by atoms with Crippen molar-refractivity contribution in [1.29, 1.82) is 0 Å². The standard InChI is InChI=1S/C17H29N3O/c1-13(2)18-10-15-11-19-14(3)9-17(15)21-12-16-7-5-6-8-20(16)4/h9,11,13,16,18H,5-8,10,12H2,1-4H3. The van der Waals surface area contributed by atoms with Gasteiger partial charge in [-0.05, 0) is 33.4 Å². The number of hydrogen-bond donors (Lipinski definition) is 1. The number of pyridine rings is 1. The Morgan fingerprint density at radius 1 is 1.43 bits per heavy atom. The Labute approximate surface area is 128 Å². The fraction of sp³-hybridized carbons (Fsp3) is 0.706. The summed E-state index contributed by atoms with van der Waals surface area (Å²) in [7, 11) is 2.20. The molecular weight excluding hydrogens is 262 g/mol. The molecule has 2 rings (SSSR count). The Morgan fingerprint density at radius 3 is 2.95 bits per heavy atom. The van der Waals surface area contributed by atoms with Crippen LogP contribution in [0.25, 0.3) is 0 Å². The van der Waals surface area contributed by atoms with E-state index in [4.69, 9.17) is 4.74 Å². The maximum absolute atomic E-state index is 6.14. The third kappa shape index (κ3) is 4.97. The fourth-order valence-corrected chi connectivity index (χ4v) is 2.68. The quantitative estimate of drug-likeness (QED) is 0.874. The molecule has 1 unspecified atom stereocenters. The second-order valence-corrected chi connectivity index (χ2v) is 6.41. The monoisotopic (exact) mass is 291 g/mol. The van der Waals surface area contributed by atoms with Crippen LogP contribution in [0.5, 0.6) is 5.75 Å². The van der Waals surface area contributed by atoms with Crippen molar-refractivity contribution in [2.45, 2.75) is 58.7 Å². The van der Waals surface area contributed by atoms with Crippen LogP contribution < -0.4 is 10.1 Å². The highest BCUT2D eigenvalue weighted by atomic mass is 16.5. The van der Waals surface area contributed by atoms with E-state index in [9.17, 15) is 0 Å². The van der Waals surface area contributed by atoms with Gasteiger partial charge in [0, 0.05) is 42.1 Å². The third-order valence-electron chi connectivity index (χ3n) is 4.13. The molecular formula is C17H29N3O. The second-order valence-electron chi connectivity index (χ2n) is 6.41. The lowest BCUT2D eigenvalue weighted by atomic mass is 10.0. The molecule has 1 fully saturated rings. The van der Waals surface area contributed by atoms with E-state index in [0.29, 0.717) is 12.1 Å². The molecule has 1 N–H and O–H groups in total. The molecule has 4 nitrogen and oxygen atoms in total. The molecule has 1 atom stereocenters. The molecule has 4 heteroatoms. The summed E-state index contributed by atoms with van der Waals surface area (Å²) in [5.74, 6) is 0.981. The summed E-state index contributed by atoms with van der Waals surface area (Å²) in [5, 5.41) is 3.44. The lowest BCUT2D eigenvalue weighted by Crippen LogP contribution is -2.40. The predicted octanol–water partition coefficient (Wildman–Crippen LogP) is 2.75. The van der Waals surface area contributed by atoms with Crippen molar-refractivity contribution in [3.63, 3.8) is 0 Å². The average Bonchev–Trinajstić information content (AvgIpc) is 2.45. The van der Waals surface area contributed by atoms with Crippen LogP contribution in [-0.2, 0) is 6.54 Å². The van der Waals surface area contributed by atoms with Gasteiger partial charge >= 0.3 is 0 Å². The topological polar surface area (TPSA) is 37.4 Å². The second kappa shape index (κ2) is 7.76. The summed E-state index contributed by atoms with van der Waals surface area (Å²) in [6.45, 7) is 9.08. The van der Waals surface area contributed by atoms with Gasteiger partial charge < -0.3 is 15.0 Å². The summed E-state index contributed by atoms with van der Waals surface area (Å²) >= 11 is 0. The van der Waals surface area contributed by atoms with E-state index in [1.54, 1.807) is 0 Å². The summed E-state index contributed by atoms with van der Waals surface area (Å²) in [4.78, 5) is 6.82. The SMILES string of the molecule is Cc1cc(OCC2CCCCN2C)c(CNC(C)C)cn1. The summed E-state index contributed by atoms with van der Waals surface area (Å²) in [6, 6.07) is 3.06.